The van der Waals surface area contributed by atoms with E-state index < -0.39 is 0 Å². The van der Waals surface area contributed by atoms with Crippen LogP contribution in [-0.2, 0) is 7.05 Å². The molecule has 1 saturated carbocycles. The molecule has 3 nitrogen and oxygen atoms in total. The first-order valence-corrected chi connectivity index (χ1v) is 4.54. The fourth-order valence-electron chi connectivity index (χ4n) is 1.58. The Bertz CT molecular complexity index is 361. The molecule has 0 aliphatic heterocycles. The predicted octanol–water partition coefficient (Wildman–Crippen LogP) is 1.99. The first kappa shape index (κ1) is 7.98. The third-order valence-electron chi connectivity index (χ3n) is 2.74. The van der Waals surface area contributed by atoms with Crippen molar-refractivity contribution in [3.63, 3.8) is 0 Å². The predicted molar refractivity (Wildman–Crippen MR) is 49.5 cm³/mol. The highest BCUT2D eigenvalue weighted by Crippen LogP contribution is 2.57. The first-order chi connectivity index (χ1) is 5.52. The summed E-state index contributed by atoms with van der Waals surface area (Å²) in [5.74, 6) is 1.69. The minimum Gasteiger partial charge on any atom is -0.307 e. The van der Waals surface area contributed by atoms with Crippen molar-refractivity contribution >= 4 is 12.2 Å². The lowest BCUT2D eigenvalue weighted by Crippen LogP contribution is -1.99. The number of H-pyrrole nitrogens is 1. The lowest BCUT2D eigenvalue weighted by Gasteiger charge is -2.01. The van der Waals surface area contributed by atoms with Gasteiger partial charge in [-0.1, -0.05) is 13.8 Å². The van der Waals surface area contributed by atoms with Gasteiger partial charge in [-0.3, -0.25) is 5.10 Å². The van der Waals surface area contributed by atoms with Crippen molar-refractivity contribution in [2.24, 2.45) is 12.5 Å². The number of nitrogens with one attached hydrogen (secondary N) is 1. The van der Waals surface area contributed by atoms with Crippen LogP contribution in [0.4, 0.5) is 0 Å². The summed E-state index contributed by atoms with van der Waals surface area (Å²) in [4.78, 5) is 0. The third-order valence-corrected chi connectivity index (χ3v) is 3.10. The monoisotopic (exact) mass is 183 g/mol. The second-order valence-corrected chi connectivity index (χ2v) is 4.58. The van der Waals surface area contributed by atoms with Crippen LogP contribution in [0.3, 0.4) is 0 Å². The minimum absolute atomic E-state index is 0.425. The maximum atomic E-state index is 5.04. The second kappa shape index (κ2) is 2.19. The van der Waals surface area contributed by atoms with Gasteiger partial charge >= 0.3 is 0 Å². The Hall–Kier alpha value is -0.640. The van der Waals surface area contributed by atoms with E-state index in [-0.39, 0.29) is 0 Å². The van der Waals surface area contributed by atoms with Crippen LogP contribution in [-0.4, -0.2) is 14.8 Å². The molecule has 0 amide bonds. The largest absolute Gasteiger partial charge is 0.307 e. The van der Waals surface area contributed by atoms with Gasteiger partial charge in [-0.25, -0.2) is 0 Å². The molecule has 1 fully saturated rings. The standard InChI is InChI=1S/C8H13N3S/c1-8(2)4-5(8)6-9-10-7(12)11(6)3/h5H,4H2,1-3H3,(H,10,12). The van der Waals surface area contributed by atoms with E-state index in [4.69, 9.17) is 12.2 Å². The van der Waals surface area contributed by atoms with Crippen molar-refractivity contribution in [2.45, 2.75) is 26.2 Å². The van der Waals surface area contributed by atoms with Crippen molar-refractivity contribution in [1.82, 2.24) is 14.8 Å². The Morgan fingerprint density at radius 3 is 2.58 bits per heavy atom. The molecule has 12 heavy (non-hydrogen) atoms. The third kappa shape index (κ3) is 1.02. The molecule has 66 valence electrons. The van der Waals surface area contributed by atoms with E-state index in [0.717, 1.165) is 5.82 Å². The van der Waals surface area contributed by atoms with Crippen LogP contribution in [0.15, 0.2) is 0 Å². The van der Waals surface area contributed by atoms with Gasteiger partial charge in [-0.2, -0.15) is 5.10 Å². The molecule has 1 aliphatic carbocycles. The number of hydrogen-bond donors (Lipinski definition) is 1. The fraction of sp³-hybridized carbons (Fsp3) is 0.750. The van der Waals surface area contributed by atoms with Gasteiger partial charge < -0.3 is 4.57 Å². The van der Waals surface area contributed by atoms with Crippen LogP contribution >= 0.6 is 12.2 Å². The average Bonchev–Trinajstić information content (AvgIpc) is 2.47. The highest BCUT2D eigenvalue weighted by Gasteiger charge is 2.49. The van der Waals surface area contributed by atoms with Gasteiger partial charge in [0.1, 0.15) is 5.82 Å². The molecule has 4 heteroatoms. The molecule has 1 N–H and O–H groups in total. The molecule has 0 aromatic carbocycles. The van der Waals surface area contributed by atoms with E-state index in [1.165, 1.54) is 6.42 Å². The van der Waals surface area contributed by atoms with E-state index in [9.17, 15) is 0 Å². The molecule has 2 rings (SSSR count). The molecule has 1 atom stereocenters. The molecule has 0 spiro atoms. The molecule has 0 bridgehead atoms. The van der Waals surface area contributed by atoms with Crippen molar-refractivity contribution in [1.29, 1.82) is 0 Å². The van der Waals surface area contributed by atoms with Gasteiger partial charge in [0.25, 0.3) is 0 Å². The zero-order valence-corrected chi connectivity index (χ0v) is 8.40. The van der Waals surface area contributed by atoms with Crippen LogP contribution in [0.2, 0.25) is 0 Å². The van der Waals surface area contributed by atoms with Gasteiger partial charge in [0.2, 0.25) is 0 Å². The molecule has 1 aliphatic rings. The normalized spacial score (nSPS) is 25.8. The number of hydrogen-bond acceptors (Lipinski definition) is 2. The van der Waals surface area contributed by atoms with Crippen LogP contribution in [0.5, 0.6) is 0 Å². The van der Waals surface area contributed by atoms with E-state index in [1.54, 1.807) is 0 Å². The lowest BCUT2D eigenvalue weighted by molar-refractivity contribution is 0.596. The molecular weight excluding hydrogens is 170 g/mol. The maximum absolute atomic E-state index is 5.04. The number of nitrogens with zero attached hydrogens (tertiary/aromatic N) is 2. The Morgan fingerprint density at radius 1 is 1.67 bits per heavy atom. The second-order valence-electron chi connectivity index (χ2n) is 4.19. The van der Waals surface area contributed by atoms with Gasteiger partial charge in [0.15, 0.2) is 4.77 Å². The zero-order valence-electron chi connectivity index (χ0n) is 7.59. The smallest absolute Gasteiger partial charge is 0.194 e. The summed E-state index contributed by atoms with van der Waals surface area (Å²) in [5, 5.41) is 7.03. The van der Waals surface area contributed by atoms with Crippen molar-refractivity contribution in [3.8, 4) is 0 Å². The van der Waals surface area contributed by atoms with Gasteiger partial charge in [0.05, 0.1) is 0 Å². The molecule has 0 saturated heterocycles. The topological polar surface area (TPSA) is 33.6 Å². The van der Waals surface area contributed by atoms with Crippen LogP contribution in [0, 0.1) is 10.2 Å². The number of rotatable bonds is 1. The lowest BCUT2D eigenvalue weighted by atomic mass is 10.1. The maximum Gasteiger partial charge on any atom is 0.194 e. The molecule has 1 heterocycles. The van der Waals surface area contributed by atoms with E-state index >= 15 is 0 Å². The highest BCUT2D eigenvalue weighted by molar-refractivity contribution is 7.71. The van der Waals surface area contributed by atoms with Gasteiger partial charge in [-0.15, -0.1) is 0 Å². The summed E-state index contributed by atoms with van der Waals surface area (Å²) in [6.45, 7) is 4.52. The van der Waals surface area contributed by atoms with Gasteiger partial charge in [-0.05, 0) is 24.1 Å². The summed E-state index contributed by atoms with van der Waals surface area (Å²) in [7, 11) is 1.97. The van der Waals surface area contributed by atoms with Crippen molar-refractivity contribution < 1.29 is 0 Å². The zero-order chi connectivity index (χ0) is 8.93. The highest BCUT2D eigenvalue weighted by atomic mass is 32.1. The fourth-order valence-corrected chi connectivity index (χ4v) is 1.72. The molecule has 1 aromatic rings. The Morgan fingerprint density at radius 2 is 2.25 bits per heavy atom. The van der Waals surface area contributed by atoms with Crippen LogP contribution in [0.25, 0.3) is 0 Å². The number of aromatic amines is 1. The average molecular weight is 183 g/mol. The van der Waals surface area contributed by atoms with Crippen molar-refractivity contribution in [2.75, 3.05) is 0 Å². The SMILES string of the molecule is Cn1c(C2CC2(C)C)n[nH]c1=S. The summed E-state index contributed by atoms with van der Waals surface area (Å²) < 4.78 is 2.68. The van der Waals surface area contributed by atoms with Crippen LogP contribution in [0.1, 0.15) is 32.0 Å². The Balaban J connectivity index is 2.37. The summed E-state index contributed by atoms with van der Waals surface area (Å²) in [6, 6.07) is 0. The minimum atomic E-state index is 0.425. The summed E-state index contributed by atoms with van der Waals surface area (Å²) >= 11 is 5.04. The molecular formula is C8H13N3S. The van der Waals surface area contributed by atoms with E-state index in [2.05, 4.69) is 24.0 Å². The van der Waals surface area contributed by atoms with E-state index in [0.29, 0.717) is 16.1 Å². The quantitative estimate of drug-likeness (QED) is 0.675. The number of aromatic nitrogens is 3. The summed E-state index contributed by atoms with van der Waals surface area (Å²) in [5.41, 5.74) is 0.425. The molecule has 0 radical (unpaired) electrons. The van der Waals surface area contributed by atoms with Crippen LogP contribution < -0.4 is 0 Å². The Kier molecular flexibility index (Phi) is 1.46. The Labute approximate surface area is 76.8 Å². The molecule has 1 aromatic heterocycles. The van der Waals surface area contributed by atoms with Gasteiger partial charge in [0, 0.05) is 13.0 Å². The molecule has 1 unspecified atom stereocenters. The summed E-state index contributed by atoms with van der Waals surface area (Å²) in [6.07, 6.45) is 1.22. The first-order valence-electron chi connectivity index (χ1n) is 4.13. The van der Waals surface area contributed by atoms with Crippen molar-refractivity contribution in [3.05, 3.63) is 10.6 Å². The van der Waals surface area contributed by atoms with E-state index in [1.807, 2.05) is 11.6 Å².